The van der Waals surface area contributed by atoms with E-state index in [1.54, 1.807) is 6.07 Å². The fourth-order valence-corrected chi connectivity index (χ4v) is 2.38. The lowest BCUT2D eigenvalue weighted by atomic mass is 9.95. The first-order chi connectivity index (χ1) is 9.58. The molecule has 2 rings (SSSR count). The van der Waals surface area contributed by atoms with Gasteiger partial charge < -0.3 is 14.6 Å². The molecule has 1 aromatic rings. The summed E-state index contributed by atoms with van der Waals surface area (Å²) in [5.41, 5.74) is 0.726. The molecule has 0 saturated heterocycles. The fraction of sp³-hybridized carbons (Fsp3) is 0.571. The number of non-ortho nitro benzene ring substituents is 1. The Morgan fingerprint density at radius 3 is 2.60 bits per heavy atom. The Bertz CT molecular complexity index is 469. The topological polar surface area (TPSA) is 81.8 Å². The minimum absolute atomic E-state index is 0.00187. The predicted octanol–water partition coefficient (Wildman–Crippen LogP) is 2.42. The molecule has 0 spiro atoms. The van der Waals surface area contributed by atoms with Gasteiger partial charge in [0, 0.05) is 6.07 Å². The van der Waals surface area contributed by atoms with E-state index in [4.69, 9.17) is 9.47 Å². The van der Waals surface area contributed by atoms with E-state index in [0.29, 0.717) is 12.4 Å². The summed E-state index contributed by atoms with van der Waals surface area (Å²) in [6.07, 6.45) is 3.06. The molecule has 1 N–H and O–H groups in total. The van der Waals surface area contributed by atoms with Crippen LogP contribution in [0.2, 0.25) is 0 Å². The summed E-state index contributed by atoms with van der Waals surface area (Å²) in [5.74, 6) is 0.455. The van der Waals surface area contributed by atoms with Gasteiger partial charge in [-0.2, -0.15) is 0 Å². The highest BCUT2D eigenvalue weighted by Crippen LogP contribution is 2.25. The number of methoxy groups -OCH3 is 1. The molecule has 0 atom stereocenters. The monoisotopic (exact) mass is 281 g/mol. The van der Waals surface area contributed by atoms with Crippen LogP contribution in [0.15, 0.2) is 18.2 Å². The summed E-state index contributed by atoms with van der Waals surface area (Å²) in [6, 6.07) is 4.63. The van der Waals surface area contributed by atoms with Crippen molar-refractivity contribution in [2.24, 2.45) is 0 Å². The van der Waals surface area contributed by atoms with E-state index < -0.39 is 4.92 Å². The average molecular weight is 281 g/mol. The van der Waals surface area contributed by atoms with Crippen molar-refractivity contribution in [3.63, 3.8) is 0 Å². The number of nitrogens with zero attached hydrogens (tertiary/aromatic N) is 1. The minimum Gasteiger partial charge on any atom is -0.496 e. The summed E-state index contributed by atoms with van der Waals surface area (Å²) in [6.45, 7) is 0.318. The van der Waals surface area contributed by atoms with Crippen molar-refractivity contribution >= 4 is 5.69 Å². The number of nitro groups is 1. The van der Waals surface area contributed by atoms with Crippen molar-refractivity contribution in [1.29, 1.82) is 0 Å². The molecular weight excluding hydrogens is 262 g/mol. The average Bonchev–Trinajstić information content (AvgIpc) is 2.46. The van der Waals surface area contributed by atoms with Gasteiger partial charge >= 0.3 is 0 Å². The second-order valence-electron chi connectivity index (χ2n) is 5.04. The first-order valence-corrected chi connectivity index (χ1v) is 6.70. The number of nitro benzene ring substituents is 1. The highest BCUT2D eigenvalue weighted by molar-refractivity contribution is 5.42. The summed E-state index contributed by atoms with van der Waals surface area (Å²) in [7, 11) is 1.48. The molecule has 0 aromatic heterocycles. The Balaban J connectivity index is 1.98. The first-order valence-electron chi connectivity index (χ1n) is 6.70. The molecule has 0 amide bonds. The minimum atomic E-state index is -0.441. The Hall–Kier alpha value is -1.66. The number of hydrogen-bond donors (Lipinski definition) is 1. The number of ether oxygens (including phenoxy) is 2. The third-order valence-corrected chi connectivity index (χ3v) is 3.53. The van der Waals surface area contributed by atoms with Crippen LogP contribution in [0.1, 0.15) is 31.2 Å². The van der Waals surface area contributed by atoms with Crippen LogP contribution in [-0.2, 0) is 11.3 Å². The standard InChI is InChI=1S/C14H19NO5/c1-19-14-7-10(6-11(8-14)15(17)18)9-20-13-4-2-12(16)3-5-13/h6-8,12-13,16H,2-5,9H2,1H3. The molecular formula is C14H19NO5. The van der Waals surface area contributed by atoms with E-state index in [2.05, 4.69) is 0 Å². The number of hydrogen-bond acceptors (Lipinski definition) is 5. The molecule has 1 aliphatic rings. The zero-order valence-corrected chi connectivity index (χ0v) is 11.4. The lowest BCUT2D eigenvalue weighted by molar-refractivity contribution is -0.385. The van der Waals surface area contributed by atoms with Gasteiger partial charge in [0.05, 0.1) is 36.9 Å². The van der Waals surface area contributed by atoms with Gasteiger partial charge in [0.1, 0.15) is 5.75 Å². The molecule has 1 aromatic carbocycles. The molecule has 6 nitrogen and oxygen atoms in total. The zero-order chi connectivity index (χ0) is 14.5. The van der Waals surface area contributed by atoms with Crippen molar-refractivity contribution in [2.75, 3.05) is 7.11 Å². The lowest BCUT2D eigenvalue weighted by Crippen LogP contribution is -2.24. The highest BCUT2D eigenvalue weighted by atomic mass is 16.6. The maximum Gasteiger partial charge on any atom is 0.273 e. The predicted molar refractivity (Wildman–Crippen MR) is 72.7 cm³/mol. The van der Waals surface area contributed by atoms with E-state index in [9.17, 15) is 15.2 Å². The van der Waals surface area contributed by atoms with E-state index >= 15 is 0 Å². The Morgan fingerprint density at radius 1 is 1.30 bits per heavy atom. The molecule has 0 heterocycles. The van der Waals surface area contributed by atoms with Gasteiger partial charge in [-0.15, -0.1) is 0 Å². The van der Waals surface area contributed by atoms with Crippen LogP contribution < -0.4 is 4.74 Å². The number of benzene rings is 1. The van der Waals surface area contributed by atoms with Crippen molar-refractivity contribution in [1.82, 2.24) is 0 Å². The van der Waals surface area contributed by atoms with Crippen LogP contribution in [0.3, 0.4) is 0 Å². The third kappa shape index (κ3) is 3.91. The van der Waals surface area contributed by atoms with Gasteiger partial charge in [0.25, 0.3) is 5.69 Å². The van der Waals surface area contributed by atoms with Crippen LogP contribution >= 0.6 is 0 Å². The van der Waals surface area contributed by atoms with Gasteiger partial charge in [0.2, 0.25) is 0 Å². The first kappa shape index (κ1) is 14.7. The second kappa shape index (κ2) is 6.67. The Kier molecular flexibility index (Phi) is 4.92. The van der Waals surface area contributed by atoms with Crippen LogP contribution in [0.25, 0.3) is 0 Å². The van der Waals surface area contributed by atoms with Gasteiger partial charge in [-0.25, -0.2) is 0 Å². The fourth-order valence-electron chi connectivity index (χ4n) is 2.38. The molecule has 0 unspecified atom stereocenters. The summed E-state index contributed by atoms with van der Waals surface area (Å²) in [5, 5.41) is 20.3. The van der Waals surface area contributed by atoms with Gasteiger partial charge in [-0.1, -0.05) is 0 Å². The summed E-state index contributed by atoms with van der Waals surface area (Å²) < 4.78 is 10.8. The molecule has 0 bridgehead atoms. The van der Waals surface area contributed by atoms with Crippen molar-refractivity contribution in [3.05, 3.63) is 33.9 Å². The number of aliphatic hydroxyl groups excluding tert-OH is 1. The van der Waals surface area contributed by atoms with Crippen LogP contribution in [-0.4, -0.2) is 29.3 Å². The largest absolute Gasteiger partial charge is 0.496 e. The molecule has 110 valence electrons. The Morgan fingerprint density at radius 2 is 2.00 bits per heavy atom. The molecule has 20 heavy (non-hydrogen) atoms. The molecule has 1 aliphatic carbocycles. The van der Waals surface area contributed by atoms with Crippen molar-refractivity contribution < 1.29 is 19.5 Å². The molecule has 1 fully saturated rings. The van der Waals surface area contributed by atoms with Crippen molar-refractivity contribution in [3.8, 4) is 5.75 Å². The molecule has 0 aliphatic heterocycles. The SMILES string of the molecule is COc1cc(COC2CCC(O)CC2)cc([N+](=O)[O-])c1. The smallest absolute Gasteiger partial charge is 0.273 e. The quantitative estimate of drug-likeness (QED) is 0.662. The van der Waals surface area contributed by atoms with Gasteiger partial charge in [-0.05, 0) is 37.3 Å². The highest BCUT2D eigenvalue weighted by Gasteiger charge is 2.20. The van der Waals surface area contributed by atoms with Crippen molar-refractivity contribution in [2.45, 2.75) is 44.5 Å². The van der Waals surface area contributed by atoms with Crippen LogP contribution in [0, 0.1) is 10.1 Å². The maximum absolute atomic E-state index is 10.8. The lowest BCUT2D eigenvalue weighted by Gasteiger charge is -2.25. The third-order valence-electron chi connectivity index (χ3n) is 3.53. The second-order valence-corrected chi connectivity index (χ2v) is 5.04. The molecule has 6 heteroatoms. The van der Waals surface area contributed by atoms with Crippen LogP contribution in [0.4, 0.5) is 5.69 Å². The maximum atomic E-state index is 10.8. The van der Waals surface area contributed by atoms with Crippen LogP contribution in [0.5, 0.6) is 5.75 Å². The van der Waals surface area contributed by atoms with Gasteiger partial charge in [0.15, 0.2) is 0 Å². The zero-order valence-electron chi connectivity index (χ0n) is 11.4. The molecule has 1 saturated carbocycles. The normalized spacial score (nSPS) is 22.5. The number of aliphatic hydroxyl groups is 1. The van der Waals surface area contributed by atoms with E-state index in [1.807, 2.05) is 0 Å². The molecule has 0 radical (unpaired) electrons. The van der Waals surface area contributed by atoms with Gasteiger partial charge in [-0.3, -0.25) is 10.1 Å². The van der Waals surface area contributed by atoms with E-state index in [0.717, 1.165) is 31.2 Å². The summed E-state index contributed by atoms with van der Waals surface area (Å²) in [4.78, 5) is 10.4. The summed E-state index contributed by atoms with van der Waals surface area (Å²) >= 11 is 0. The van der Waals surface area contributed by atoms with E-state index in [1.165, 1.54) is 19.2 Å². The number of rotatable bonds is 5. The Labute approximate surface area is 117 Å². The van der Waals surface area contributed by atoms with E-state index in [-0.39, 0.29) is 17.9 Å².